The molecule has 1 aliphatic rings. The third kappa shape index (κ3) is 2.74. The highest BCUT2D eigenvalue weighted by molar-refractivity contribution is 5.94. The lowest BCUT2D eigenvalue weighted by Crippen LogP contribution is -2.24. The monoisotopic (exact) mass is 245 g/mol. The number of anilines is 1. The molecule has 0 spiro atoms. The summed E-state index contributed by atoms with van der Waals surface area (Å²) in [6.07, 6.45) is 3.87. The van der Waals surface area contributed by atoms with Crippen LogP contribution in [-0.4, -0.2) is 11.8 Å². The summed E-state index contributed by atoms with van der Waals surface area (Å²) < 4.78 is 0. The number of benzene rings is 1. The summed E-state index contributed by atoms with van der Waals surface area (Å²) in [4.78, 5) is 11.2. The van der Waals surface area contributed by atoms with Gasteiger partial charge in [0.05, 0.1) is 0 Å². The van der Waals surface area contributed by atoms with Crippen LogP contribution in [0.2, 0.25) is 0 Å². The van der Waals surface area contributed by atoms with Crippen LogP contribution in [0.15, 0.2) is 24.3 Å². The molecule has 0 amide bonds. The Bertz CT molecular complexity index is 410. The standard InChI is InChI=1S/C16H23NO/c1-4-13-7-10-16(11(13)2)17-15-8-5-14(6-9-15)12(3)18/h5-6,8-9,11,13,16-17H,4,7,10H2,1-3H3. The van der Waals surface area contributed by atoms with Crippen LogP contribution in [0.25, 0.3) is 0 Å². The van der Waals surface area contributed by atoms with Crippen molar-refractivity contribution in [3.05, 3.63) is 29.8 Å². The van der Waals surface area contributed by atoms with Gasteiger partial charge < -0.3 is 5.32 Å². The molecule has 18 heavy (non-hydrogen) atoms. The van der Waals surface area contributed by atoms with Gasteiger partial charge >= 0.3 is 0 Å². The zero-order chi connectivity index (χ0) is 13.1. The highest BCUT2D eigenvalue weighted by atomic mass is 16.1. The Hall–Kier alpha value is -1.31. The van der Waals surface area contributed by atoms with Crippen molar-refractivity contribution in [2.45, 2.75) is 46.1 Å². The first-order chi connectivity index (χ1) is 8.61. The number of hydrogen-bond donors (Lipinski definition) is 1. The fourth-order valence-corrected chi connectivity index (χ4v) is 3.04. The van der Waals surface area contributed by atoms with Crippen molar-refractivity contribution in [3.8, 4) is 0 Å². The van der Waals surface area contributed by atoms with Gasteiger partial charge in [-0.2, -0.15) is 0 Å². The van der Waals surface area contributed by atoms with Gasteiger partial charge in [-0.05, 0) is 55.9 Å². The molecule has 0 aromatic heterocycles. The molecule has 1 aromatic carbocycles. The molecular formula is C16H23NO. The van der Waals surface area contributed by atoms with Crippen LogP contribution in [0.3, 0.4) is 0 Å². The first-order valence-electron chi connectivity index (χ1n) is 6.99. The predicted molar refractivity (Wildman–Crippen MR) is 76.0 cm³/mol. The van der Waals surface area contributed by atoms with Gasteiger partial charge in [0.15, 0.2) is 5.78 Å². The van der Waals surface area contributed by atoms with E-state index in [0.717, 1.165) is 23.1 Å². The van der Waals surface area contributed by atoms with Gasteiger partial charge in [-0.15, -0.1) is 0 Å². The van der Waals surface area contributed by atoms with Crippen molar-refractivity contribution in [2.24, 2.45) is 11.8 Å². The summed E-state index contributed by atoms with van der Waals surface area (Å²) in [5.41, 5.74) is 1.92. The molecule has 1 fully saturated rings. The number of nitrogens with one attached hydrogen (secondary N) is 1. The van der Waals surface area contributed by atoms with Crippen LogP contribution in [0.1, 0.15) is 50.4 Å². The maximum Gasteiger partial charge on any atom is 0.159 e. The summed E-state index contributed by atoms with van der Waals surface area (Å²) in [6, 6.07) is 8.42. The van der Waals surface area contributed by atoms with E-state index < -0.39 is 0 Å². The largest absolute Gasteiger partial charge is 0.382 e. The fourth-order valence-electron chi connectivity index (χ4n) is 3.04. The van der Waals surface area contributed by atoms with E-state index in [1.807, 2.05) is 24.3 Å². The molecule has 0 heterocycles. The number of Topliss-reactive ketones (excluding diaryl/α,β-unsaturated/α-hetero) is 1. The fraction of sp³-hybridized carbons (Fsp3) is 0.562. The van der Waals surface area contributed by atoms with E-state index in [1.54, 1.807) is 6.92 Å². The van der Waals surface area contributed by atoms with Crippen molar-refractivity contribution in [1.82, 2.24) is 0 Å². The van der Waals surface area contributed by atoms with E-state index in [0.29, 0.717) is 6.04 Å². The Balaban J connectivity index is 2.00. The first-order valence-corrected chi connectivity index (χ1v) is 6.99. The molecule has 1 saturated carbocycles. The average Bonchev–Trinajstić information content (AvgIpc) is 2.71. The molecule has 3 atom stereocenters. The number of carbonyl (C=O) groups excluding carboxylic acids is 1. The lowest BCUT2D eigenvalue weighted by Gasteiger charge is -2.22. The third-order valence-electron chi connectivity index (χ3n) is 4.39. The van der Waals surface area contributed by atoms with E-state index in [2.05, 4.69) is 19.2 Å². The van der Waals surface area contributed by atoms with Crippen LogP contribution in [0.4, 0.5) is 5.69 Å². The van der Waals surface area contributed by atoms with E-state index >= 15 is 0 Å². The highest BCUT2D eigenvalue weighted by Gasteiger charge is 2.31. The van der Waals surface area contributed by atoms with E-state index in [1.165, 1.54) is 19.3 Å². The minimum absolute atomic E-state index is 0.127. The Morgan fingerprint density at radius 3 is 2.44 bits per heavy atom. The van der Waals surface area contributed by atoms with Crippen LogP contribution in [0.5, 0.6) is 0 Å². The van der Waals surface area contributed by atoms with Crippen molar-refractivity contribution in [3.63, 3.8) is 0 Å². The maximum atomic E-state index is 11.2. The van der Waals surface area contributed by atoms with Gasteiger partial charge in [0, 0.05) is 17.3 Å². The second kappa shape index (κ2) is 5.55. The second-order valence-electron chi connectivity index (χ2n) is 5.49. The van der Waals surface area contributed by atoms with Gasteiger partial charge in [-0.3, -0.25) is 4.79 Å². The van der Waals surface area contributed by atoms with Gasteiger partial charge in [0.25, 0.3) is 0 Å². The number of ketones is 1. The lowest BCUT2D eigenvalue weighted by atomic mass is 9.93. The predicted octanol–water partition coefficient (Wildman–Crippen LogP) is 4.13. The van der Waals surface area contributed by atoms with Crippen molar-refractivity contribution >= 4 is 11.5 Å². The van der Waals surface area contributed by atoms with Crippen molar-refractivity contribution < 1.29 is 4.79 Å². The maximum absolute atomic E-state index is 11.2. The second-order valence-corrected chi connectivity index (χ2v) is 5.49. The molecule has 1 aromatic rings. The van der Waals surface area contributed by atoms with Gasteiger partial charge in [-0.1, -0.05) is 20.3 Å². The zero-order valence-electron chi connectivity index (χ0n) is 11.6. The summed E-state index contributed by atoms with van der Waals surface area (Å²) in [6.45, 7) is 6.24. The molecule has 0 radical (unpaired) electrons. The van der Waals surface area contributed by atoms with Crippen LogP contribution in [0, 0.1) is 11.8 Å². The minimum Gasteiger partial charge on any atom is -0.382 e. The Kier molecular flexibility index (Phi) is 4.05. The summed E-state index contributed by atoms with van der Waals surface area (Å²) in [7, 11) is 0. The molecule has 3 unspecified atom stereocenters. The average molecular weight is 245 g/mol. The van der Waals surface area contributed by atoms with Gasteiger partial charge in [0.2, 0.25) is 0 Å². The highest BCUT2D eigenvalue weighted by Crippen LogP contribution is 2.35. The third-order valence-corrected chi connectivity index (χ3v) is 4.39. The molecule has 0 bridgehead atoms. The summed E-state index contributed by atoms with van der Waals surface area (Å²) >= 11 is 0. The number of carbonyl (C=O) groups is 1. The van der Waals surface area contributed by atoms with Crippen LogP contribution in [-0.2, 0) is 0 Å². The van der Waals surface area contributed by atoms with Crippen LogP contribution < -0.4 is 5.32 Å². The van der Waals surface area contributed by atoms with Crippen molar-refractivity contribution in [2.75, 3.05) is 5.32 Å². The van der Waals surface area contributed by atoms with Gasteiger partial charge in [-0.25, -0.2) is 0 Å². The Morgan fingerprint density at radius 2 is 1.94 bits per heavy atom. The normalized spacial score (nSPS) is 27.2. The number of hydrogen-bond acceptors (Lipinski definition) is 2. The van der Waals surface area contributed by atoms with E-state index in [9.17, 15) is 4.79 Å². The molecule has 2 heteroatoms. The molecule has 1 aliphatic carbocycles. The quantitative estimate of drug-likeness (QED) is 0.808. The molecule has 0 saturated heterocycles. The molecule has 2 nitrogen and oxygen atoms in total. The lowest BCUT2D eigenvalue weighted by molar-refractivity contribution is 0.101. The van der Waals surface area contributed by atoms with Gasteiger partial charge in [0.1, 0.15) is 0 Å². The molecule has 0 aliphatic heterocycles. The van der Waals surface area contributed by atoms with Crippen molar-refractivity contribution in [1.29, 1.82) is 0 Å². The Labute approximate surface area is 110 Å². The SMILES string of the molecule is CCC1CCC(Nc2ccc(C(C)=O)cc2)C1C. The first kappa shape index (κ1) is 13.1. The summed E-state index contributed by atoms with van der Waals surface area (Å²) in [5, 5.41) is 3.61. The molecule has 98 valence electrons. The molecule has 2 rings (SSSR count). The van der Waals surface area contributed by atoms with E-state index in [-0.39, 0.29) is 5.78 Å². The van der Waals surface area contributed by atoms with E-state index in [4.69, 9.17) is 0 Å². The zero-order valence-corrected chi connectivity index (χ0v) is 11.6. The minimum atomic E-state index is 0.127. The van der Waals surface area contributed by atoms with Crippen LogP contribution >= 0.6 is 0 Å². The molecular weight excluding hydrogens is 222 g/mol. The number of rotatable bonds is 4. The molecule has 1 N–H and O–H groups in total. The smallest absolute Gasteiger partial charge is 0.159 e. The topological polar surface area (TPSA) is 29.1 Å². The summed E-state index contributed by atoms with van der Waals surface area (Å²) in [5.74, 6) is 1.73. The Morgan fingerprint density at radius 1 is 1.28 bits per heavy atom.